The molecular formula is C11H18N2O2S. The molecule has 0 spiro atoms. The number of nitrogens with one attached hydrogen (secondary N) is 2. The minimum Gasteiger partial charge on any atom is -0.465 e. The number of carboxylic acid groups (broad SMARTS) is 1. The highest BCUT2D eigenvalue weighted by Crippen LogP contribution is 2.52. The van der Waals surface area contributed by atoms with Crippen molar-refractivity contribution in [2.24, 2.45) is 5.41 Å². The van der Waals surface area contributed by atoms with Crippen LogP contribution in [0.3, 0.4) is 0 Å². The van der Waals surface area contributed by atoms with Crippen LogP contribution in [0.2, 0.25) is 0 Å². The molecule has 0 atom stereocenters. The Kier molecular flexibility index (Phi) is 2.82. The average Bonchev–Trinajstić information content (AvgIpc) is 2.29. The van der Waals surface area contributed by atoms with Crippen LogP contribution in [0.25, 0.3) is 0 Å². The first kappa shape index (κ1) is 11.6. The molecule has 16 heavy (non-hydrogen) atoms. The SMILES string of the molecule is CNC(=S)C12CCC(NC(=O)O)(CC1)CC2. The molecule has 0 unspecified atom stereocenters. The van der Waals surface area contributed by atoms with E-state index in [0.717, 1.165) is 43.5 Å². The molecule has 90 valence electrons. The first-order valence-corrected chi connectivity index (χ1v) is 6.16. The van der Waals surface area contributed by atoms with Crippen LogP contribution in [0.5, 0.6) is 0 Å². The van der Waals surface area contributed by atoms with Gasteiger partial charge in [0.25, 0.3) is 0 Å². The minimum absolute atomic E-state index is 0.145. The smallest absolute Gasteiger partial charge is 0.405 e. The van der Waals surface area contributed by atoms with Gasteiger partial charge < -0.3 is 15.7 Å². The first-order chi connectivity index (χ1) is 7.52. The van der Waals surface area contributed by atoms with E-state index in [9.17, 15) is 4.79 Å². The van der Waals surface area contributed by atoms with Crippen LogP contribution >= 0.6 is 12.2 Å². The summed E-state index contributed by atoms with van der Waals surface area (Å²) >= 11 is 5.39. The van der Waals surface area contributed by atoms with Gasteiger partial charge in [0.05, 0.1) is 4.99 Å². The summed E-state index contributed by atoms with van der Waals surface area (Å²) in [6, 6.07) is 0. The molecule has 3 aliphatic carbocycles. The monoisotopic (exact) mass is 242 g/mol. The van der Waals surface area contributed by atoms with Gasteiger partial charge in [0.2, 0.25) is 0 Å². The molecule has 3 rings (SSSR count). The average molecular weight is 242 g/mol. The lowest BCUT2D eigenvalue weighted by molar-refractivity contribution is 0.0685. The molecule has 3 fully saturated rings. The maximum absolute atomic E-state index is 10.8. The molecule has 1 amide bonds. The second-order valence-corrected chi connectivity index (χ2v) is 5.48. The number of rotatable bonds is 2. The molecule has 0 heterocycles. The van der Waals surface area contributed by atoms with E-state index in [1.54, 1.807) is 0 Å². The number of hydrogen-bond donors (Lipinski definition) is 3. The van der Waals surface area contributed by atoms with E-state index < -0.39 is 6.09 Å². The Morgan fingerprint density at radius 3 is 2.06 bits per heavy atom. The van der Waals surface area contributed by atoms with Gasteiger partial charge in [0.15, 0.2) is 0 Å². The third-order valence-electron chi connectivity index (χ3n) is 4.33. The molecule has 0 aromatic heterocycles. The van der Waals surface area contributed by atoms with Gasteiger partial charge >= 0.3 is 6.09 Å². The fourth-order valence-corrected chi connectivity index (χ4v) is 3.51. The zero-order valence-electron chi connectivity index (χ0n) is 9.51. The highest BCUT2D eigenvalue weighted by Gasteiger charge is 2.51. The van der Waals surface area contributed by atoms with E-state index in [1.165, 1.54) is 0 Å². The van der Waals surface area contributed by atoms with Gasteiger partial charge in [-0.2, -0.15) is 0 Å². The van der Waals surface area contributed by atoms with Crippen LogP contribution in [0.1, 0.15) is 38.5 Å². The summed E-state index contributed by atoms with van der Waals surface area (Å²) in [6.07, 6.45) is 4.88. The van der Waals surface area contributed by atoms with Crippen molar-refractivity contribution >= 4 is 23.3 Å². The summed E-state index contributed by atoms with van der Waals surface area (Å²) in [7, 11) is 1.88. The summed E-state index contributed by atoms with van der Waals surface area (Å²) in [5, 5.41) is 14.7. The quantitative estimate of drug-likeness (QED) is 0.647. The van der Waals surface area contributed by atoms with E-state index in [2.05, 4.69) is 10.6 Å². The van der Waals surface area contributed by atoms with Crippen LogP contribution in [-0.2, 0) is 0 Å². The van der Waals surface area contributed by atoms with E-state index in [1.807, 2.05) is 7.05 Å². The summed E-state index contributed by atoms with van der Waals surface area (Å²) in [5.41, 5.74) is -0.0248. The Morgan fingerprint density at radius 2 is 1.69 bits per heavy atom. The third kappa shape index (κ3) is 1.77. The van der Waals surface area contributed by atoms with Crippen LogP contribution in [0.4, 0.5) is 4.79 Å². The maximum atomic E-state index is 10.8. The second kappa shape index (κ2) is 3.87. The Morgan fingerprint density at radius 1 is 1.19 bits per heavy atom. The molecule has 0 radical (unpaired) electrons. The van der Waals surface area contributed by atoms with E-state index in [4.69, 9.17) is 17.3 Å². The van der Waals surface area contributed by atoms with Crippen LogP contribution < -0.4 is 10.6 Å². The molecule has 3 aliphatic rings. The molecule has 4 nitrogen and oxygen atoms in total. The van der Waals surface area contributed by atoms with Crippen molar-refractivity contribution in [2.45, 2.75) is 44.1 Å². The van der Waals surface area contributed by atoms with Gasteiger partial charge in [-0.25, -0.2) is 4.79 Å². The number of thiocarbonyl (C=S) groups is 1. The standard InChI is InChI=1S/C11H18N2O2S/c1-12-8(16)10-2-5-11(6-3-10,7-4-10)13-9(14)15/h13H,2-7H2,1H3,(H,12,16)(H,14,15). The Bertz CT molecular complexity index is 305. The molecular weight excluding hydrogens is 224 g/mol. The van der Waals surface area contributed by atoms with Crippen molar-refractivity contribution in [3.05, 3.63) is 0 Å². The van der Waals surface area contributed by atoms with Gasteiger partial charge in [0.1, 0.15) is 0 Å². The molecule has 2 bridgehead atoms. The summed E-state index contributed by atoms with van der Waals surface area (Å²) in [5.74, 6) is 0. The fourth-order valence-electron chi connectivity index (χ4n) is 3.21. The summed E-state index contributed by atoms with van der Waals surface area (Å²) in [4.78, 5) is 11.7. The number of fused-ring (bicyclic) bond motifs is 3. The highest BCUT2D eigenvalue weighted by molar-refractivity contribution is 7.80. The van der Waals surface area contributed by atoms with Gasteiger partial charge in [-0.1, -0.05) is 12.2 Å². The molecule has 0 aromatic rings. The predicted molar refractivity (Wildman–Crippen MR) is 65.7 cm³/mol. The molecule has 0 aromatic carbocycles. The summed E-state index contributed by atoms with van der Waals surface area (Å²) < 4.78 is 0. The van der Waals surface area contributed by atoms with Crippen molar-refractivity contribution in [3.8, 4) is 0 Å². The minimum atomic E-state index is -0.898. The van der Waals surface area contributed by atoms with E-state index in [0.29, 0.717) is 0 Å². The Balaban J connectivity index is 2.08. The lowest BCUT2D eigenvalue weighted by Gasteiger charge is -2.53. The fraction of sp³-hybridized carbons (Fsp3) is 0.818. The number of amides is 1. The van der Waals surface area contributed by atoms with Crippen LogP contribution in [0.15, 0.2) is 0 Å². The zero-order valence-corrected chi connectivity index (χ0v) is 10.3. The second-order valence-electron chi connectivity index (χ2n) is 5.07. The molecule has 3 saturated carbocycles. The Hall–Kier alpha value is -0.840. The van der Waals surface area contributed by atoms with Crippen molar-refractivity contribution < 1.29 is 9.90 Å². The Labute approximate surface area is 101 Å². The number of hydrogen-bond acceptors (Lipinski definition) is 2. The molecule has 3 N–H and O–H groups in total. The van der Waals surface area contributed by atoms with E-state index in [-0.39, 0.29) is 11.0 Å². The van der Waals surface area contributed by atoms with Crippen molar-refractivity contribution in [1.29, 1.82) is 0 Å². The summed E-state index contributed by atoms with van der Waals surface area (Å²) in [6.45, 7) is 0. The molecule has 0 aliphatic heterocycles. The lowest BCUT2D eigenvalue weighted by Crippen LogP contribution is -2.59. The van der Waals surface area contributed by atoms with E-state index >= 15 is 0 Å². The van der Waals surface area contributed by atoms with Crippen molar-refractivity contribution in [1.82, 2.24) is 10.6 Å². The van der Waals surface area contributed by atoms with Crippen molar-refractivity contribution in [3.63, 3.8) is 0 Å². The lowest BCUT2D eigenvalue weighted by atomic mass is 9.57. The van der Waals surface area contributed by atoms with Crippen LogP contribution in [0, 0.1) is 5.41 Å². The largest absolute Gasteiger partial charge is 0.465 e. The topological polar surface area (TPSA) is 61.4 Å². The third-order valence-corrected chi connectivity index (χ3v) is 4.96. The predicted octanol–water partition coefficient (Wildman–Crippen LogP) is 1.89. The van der Waals surface area contributed by atoms with Gasteiger partial charge in [-0.15, -0.1) is 0 Å². The van der Waals surface area contributed by atoms with Gasteiger partial charge in [-0.05, 0) is 38.5 Å². The van der Waals surface area contributed by atoms with Gasteiger partial charge in [-0.3, -0.25) is 0 Å². The molecule has 5 heteroatoms. The van der Waals surface area contributed by atoms with Crippen LogP contribution in [-0.4, -0.2) is 28.8 Å². The maximum Gasteiger partial charge on any atom is 0.405 e. The highest BCUT2D eigenvalue weighted by atomic mass is 32.1. The van der Waals surface area contributed by atoms with Crippen molar-refractivity contribution in [2.75, 3.05) is 7.05 Å². The zero-order chi connectivity index (χ0) is 11.8. The molecule has 0 saturated heterocycles. The normalized spacial score (nSPS) is 36.8. The first-order valence-electron chi connectivity index (χ1n) is 5.75. The number of carbonyl (C=O) groups is 1. The van der Waals surface area contributed by atoms with Gasteiger partial charge in [0, 0.05) is 18.0 Å².